The van der Waals surface area contributed by atoms with Crippen molar-refractivity contribution in [2.75, 3.05) is 6.54 Å². The molecule has 2 aromatic rings. The molecule has 2 aromatic heterocycles. The lowest BCUT2D eigenvalue weighted by Gasteiger charge is -2.24. The van der Waals surface area contributed by atoms with Gasteiger partial charge in [-0.25, -0.2) is 4.98 Å². The topological polar surface area (TPSA) is 46.1 Å². The van der Waals surface area contributed by atoms with Crippen LogP contribution in [0.1, 0.15) is 58.2 Å². The summed E-state index contributed by atoms with van der Waals surface area (Å²) in [7, 11) is 0. The molecular formula is C17H21N3OS. The van der Waals surface area contributed by atoms with Crippen LogP contribution in [0.15, 0.2) is 24.5 Å². The van der Waals surface area contributed by atoms with Crippen LogP contribution in [-0.2, 0) is 6.42 Å². The van der Waals surface area contributed by atoms with Gasteiger partial charge in [-0.1, -0.05) is 6.92 Å². The number of hydrogen-bond acceptors (Lipinski definition) is 4. The second-order valence-corrected chi connectivity index (χ2v) is 6.79. The Morgan fingerprint density at radius 2 is 2.18 bits per heavy atom. The highest BCUT2D eigenvalue weighted by molar-refractivity contribution is 7.13. The van der Waals surface area contributed by atoms with Crippen molar-refractivity contribution in [2.24, 2.45) is 0 Å². The Kier molecular flexibility index (Phi) is 4.52. The Morgan fingerprint density at radius 3 is 2.91 bits per heavy atom. The normalized spacial score (nSPS) is 17.9. The standard InChI is InChI=1S/C17H21N3OS/c1-3-5-15-19-12(2)16(22-15)17(21)20-11-4-6-14(20)13-7-9-18-10-8-13/h7-10,14H,3-6,11H2,1-2H3. The average Bonchev–Trinajstić information content (AvgIpc) is 3.15. The van der Waals surface area contributed by atoms with Crippen LogP contribution in [0.5, 0.6) is 0 Å². The summed E-state index contributed by atoms with van der Waals surface area (Å²) < 4.78 is 0. The Morgan fingerprint density at radius 1 is 1.41 bits per heavy atom. The fraction of sp³-hybridized carbons (Fsp3) is 0.471. The van der Waals surface area contributed by atoms with Crippen molar-refractivity contribution in [3.05, 3.63) is 45.7 Å². The molecule has 1 fully saturated rings. The van der Waals surface area contributed by atoms with Gasteiger partial charge in [0.15, 0.2) is 0 Å². The van der Waals surface area contributed by atoms with E-state index in [9.17, 15) is 4.79 Å². The van der Waals surface area contributed by atoms with Gasteiger partial charge in [0.05, 0.1) is 16.7 Å². The summed E-state index contributed by atoms with van der Waals surface area (Å²) in [4.78, 5) is 24.4. The molecule has 0 N–H and O–H groups in total. The zero-order valence-corrected chi connectivity index (χ0v) is 13.9. The molecule has 22 heavy (non-hydrogen) atoms. The number of aromatic nitrogens is 2. The zero-order chi connectivity index (χ0) is 15.5. The lowest BCUT2D eigenvalue weighted by molar-refractivity contribution is 0.0739. The molecule has 0 aliphatic carbocycles. The van der Waals surface area contributed by atoms with E-state index >= 15 is 0 Å². The van der Waals surface area contributed by atoms with Gasteiger partial charge in [0, 0.05) is 18.9 Å². The maximum absolute atomic E-state index is 12.9. The molecule has 1 amide bonds. The third kappa shape index (κ3) is 2.90. The Balaban J connectivity index is 1.85. The summed E-state index contributed by atoms with van der Waals surface area (Å²) >= 11 is 1.56. The number of likely N-dealkylation sites (tertiary alicyclic amines) is 1. The van der Waals surface area contributed by atoms with E-state index in [1.165, 1.54) is 5.56 Å². The summed E-state index contributed by atoms with van der Waals surface area (Å²) in [5.41, 5.74) is 2.05. The fourth-order valence-electron chi connectivity index (χ4n) is 3.04. The number of amides is 1. The van der Waals surface area contributed by atoms with Gasteiger partial charge in [0.1, 0.15) is 4.88 Å². The Hall–Kier alpha value is -1.75. The summed E-state index contributed by atoms with van der Waals surface area (Å²) in [6.07, 6.45) is 7.69. The van der Waals surface area contributed by atoms with Crippen molar-refractivity contribution in [3.8, 4) is 0 Å². The quantitative estimate of drug-likeness (QED) is 0.862. The van der Waals surface area contributed by atoms with Crippen LogP contribution >= 0.6 is 11.3 Å². The van der Waals surface area contributed by atoms with Crippen molar-refractivity contribution >= 4 is 17.2 Å². The van der Waals surface area contributed by atoms with Gasteiger partial charge in [-0.05, 0) is 50.3 Å². The van der Waals surface area contributed by atoms with E-state index in [4.69, 9.17) is 0 Å². The fourth-order valence-corrected chi connectivity index (χ4v) is 4.17. The number of carbonyl (C=O) groups excluding carboxylic acids is 1. The van der Waals surface area contributed by atoms with Gasteiger partial charge in [0.2, 0.25) is 0 Å². The molecule has 4 nitrogen and oxygen atoms in total. The van der Waals surface area contributed by atoms with Crippen LogP contribution in [0, 0.1) is 6.92 Å². The van der Waals surface area contributed by atoms with Gasteiger partial charge < -0.3 is 4.90 Å². The van der Waals surface area contributed by atoms with Crippen LogP contribution in [-0.4, -0.2) is 27.3 Å². The minimum Gasteiger partial charge on any atom is -0.331 e. The number of aryl methyl sites for hydroxylation is 2. The predicted octanol–water partition coefficient (Wildman–Crippen LogP) is 3.78. The first-order chi connectivity index (χ1) is 10.7. The minimum absolute atomic E-state index is 0.136. The van der Waals surface area contributed by atoms with Gasteiger partial charge >= 0.3 is 0 Å². The van der Waals surface area contributed by atoms with E-state index in [1.807, 2.05) is 24.0 Å². The van der Waals surface area contributed by atoms with E-state index in [2.05, 4.69) is 16.9 Å². The first-order valence-electron chi connectivity index (χ1n) is 7.88. The Labute approximate surface area is 135 Å². The van der Waals surface area contributed by atoms with Crippen LogP contribution in [0.25, 0.3) is 0 Å². The van der Waals surface area contributed by atoms with Crippen molar-refractivity contribution in [1.82, 2.24) is 14.9 Å². The number of rotatable bonds is 4. The monoisotopic (exact) mass is 315 g/mol. The molecule has 3 rings (SSSR count). The maximum Gasteiger partial charge on any atom is 0.266 e. The maximum atomic E-state index is 12.9. The van der Waals surface area contributed by atoms with Crippen LogP contribution in [0.4, 0.5) is 0 Å². The van der Waals surface area contributed by atoms with Gasteiger partial charge in [-0.15, -0.1) is 11.3 Å². The summed E-state index contributed by atoms with van der Waals surface area (Å²) in [5, 5.41) is 1.07. The first-order valence-corrected chi connectivity index (χ1v) is 8.69. The largest absolute Gasteiger partial charge is 0.331 e. The lowest BCUT2D eigenvalue weighted by atomic mass is 10.1. The van der Waals surface area contributed by atoms with Crippen LogP contribution in [0.2, 0.25) is 0 Å². The highest BCUT2D eigenvalue weighted by Gasteiger charge is 2.32. The molecule has 0 spiro atoms. The second kappa shape index (κ2) is 6.57. The number of nitrogens with zero attached hydrogens (tertiary/aromatic N) is 3. The summed E-state index contributed by atoms with van der Waals surface area (Å²) in [6, 6.07) is 4.20. The summed E-state index contributed by atoms with van der Waals surface area (Å²) in [6.45, 7) is 4.91. The number of hydrogen-bond donors (Lipinski definition) is 0. The predicted molar refractivity (Wildman–Crippen MR) is 88.1 cm³/mol. The molecule has 1 atom stereocenters. The molecule has 1 unspecified atom stereocenters. The minimum atomic E-state index is 0.136. The van der Waals surface area contributed by atoms with E-state index in [1.54, 1.807) is 23.7 Å². The average molecular weight is 315 g/mol. The van der Waals surface area contributed by atoms with Crippen LogP contribution < -0.4 is 0 Å². The second-order valence-electron chi connectivity index (χ2n) is 5.71. The molecule has 3 heterocycles. The molecule has 1 aliphatic rings. The number of pyridine rings is 1. The number of carbonyl (C=O) groups is 1. The van der Waals surface area contributed by atoms with Crippen molar-refractivity contribution in [3.63, 3.8) is 0 Å². The highest BCUT2D eigenvalue weighted by Crippen LogP contribution is 2.34. The molecule has 0 saturated carbocycles. The van der Waals surface area contributed by atoms with Gasteiger partial charge in [-0.2, -0.15) is 0 Å². The molecule has 0 aromatic carbocycles. The molecule has 5 heteroatoms. The van der Waals surface area contributed by atoms with Gasteiger partial charge in [-0.3, -0.25) is 9.78 Å². The van der Waals surface area contributed by atoms with E-state index < -0.39 is 0 Å². The lowest BCUT2D eigenvalue weighted by Crippen LogP contribution is -2.30. The van der Waals surface area contributed by atoms with E-state index in [-0.39, 0.29) is 11.9 Å². The van der Waals surface area contributed by atoms with E-state index in [0.29, 0.717) is 0 Å². The molecule has 1 aliphatic heterocycles. The van der Waals surface area contributed by atoms with E-state index in [0.717, 1.165) is 47.8 Å². The third-order valence-electron chi connectivity index (χ3n) is 4.10. The molecule has 1 saturated heterocycles. The molecule has 0 bridgehead atoms. The van der Waals surface area contributed by atoms with Gasteiger partial charge in [0.25, 0.3) is 5.91 Å². The van der Waals surface area contributed by atoms with Crippen molar-refractivity contribution in [2.45, 2.75) is 45.6 Å². The zero-order valence-electron chi connectivity index (χ0n) is 13.1. The molecule has 116 valence electrons. The SMILES string of the molecule is CCCc1nc(C)c(C(=O)N2CCCC2c2ccncc2)s1. The molecule has 0 radical (unpaired) electrons. The van der Waals surface area contributed by atoms with Crippen LogP contribution in [0.3, 0.4) is 0 Å². The van der Waals surface area contributed by atoms with Crippen molar-refractivity contribution < 1.29 is 4.79 Å². The smallest absolute Gasteiger partial charge is 0.266 e. The summed E-state index contributed by atoms with van der Waals surface area (Å²) in [5.74, 6) is 0.136. The van der Waals surface area contributed by atoms with Crippen molar-refractivity contribution in [1.29, 1.82) is 0 Å². The first kappa shape index (κ1) is 15.2. The Bertz CT molecular complexity index is 653. The third-order valence-corrected chi connectivity index (χ3v) is 5.31. The highest BCUT2D eigenvalue weighted by atomic mass is 32.1. The molecular weight excluding hydrogens is 294 g/mol. The number of thiazole rings is 1.